The van der Waals surface area contributed by atoms with Crippen molar-refractivity contribution in [2.75, 3.05) is 0 Å². The summed E-state index contributed by atoms with van der Waals surface area (Å²) in [5, 5.41) is 6.90. The van der Waals surface area contributed by atoms with Gasteiger partial charge in [-0.25, -0.2) is 0 Å². The molecule has 1 nitrogen and oxygen atoms in total. The maximum atomic E-state index is 6.90. The summed E-state index contributed by atoms with van der Waals surface area (Å²) >= 11 is 0. The summed E-state index contributed by atoms with van der Waals surface area (Å²) in [6.07, 6.45) is 5.35. The average Bonchev–Trinajstić information content (AvgIpc) is 2.07. The van der Waals surface area contributed by atoms with Crippen LogP contribution in [0.5, 0.6) is 0 Å². The van der Waals surface area contributed by atoms with Gasteiger partial charge in [-0.1, -0.05) is 26.0 Å². The molecule has 64 valence electrons. The second kappa shape index (κ2) is 9.15. The van der Waals surface area contributed by atoms with Crippen LogP contribution in [0, 0.1) is 5.41 Å². The first-order chi connectivity index (χ1) is 5.22. The molecule has 1 heteroatoms. The average molecular weight is 153 g/mol. The van der Waals surface area contributed by atoms with Crippen LogP contribution in [0.2, 0.25) is 0 Å². The molecular formula is C10H19N. The van der Waals surface area contributed by atoms with E-state index >= 15 is 0 Å². The van der Waals surface area contributed by atoms with Crippen LogP contribution in [0.15, 0.2) is 23.3 Å². The molecule has 0 atom stereocenters. The smallest absolute Gasteiger partial charge is 0.0209 e. The Balaban J connectivity index is 0. The number of hydrogen-bond acceptors (Lipinski definition) is 1. The topological polar surface area (TPSA) is 23.9 Å². The van der Waals surface area contributed by atoms with E-state index in [9.17, 15) is 0 Å². The molecule has 0 aliphatic carbocycles. The first-order valence-electron chi connectivity index (χ1n) is 4.03. The fourth-order valence-electron chi connectivity index (χ4n) is 0.495. The van der Waals surface area contributed by atoms with Gasteiger partial charge < -0.3 is 5.41 Å². The highest BCUT2D eigenvalue weighted by Crippen LogP contribution is 2.00. The monoisotopic (exact) mass is 153 g/mol. The first kappa shape index (κ1) is 12.8. The van der Waals surface area contributed by atoms with E-state index in [2.05, 4.69) is 0 Å². The largest absolute Gasteiger partial charge is 0.308 e. The summed E-state index contributed by atoms with van der Waals surface area (Å²) in [4.78, 5) is 0. The van der Waals surface area contributed by atoms with Gasteiger partial charge in [0.2, 0.25) is 0 Å². The Morgan fingerprint density at radius 1 is 1.09 bits per heavy atom. The maximum Gasteiger partial charge on any atom is 0.0209 e. The van der Waals surface area contributed by atoms with Gasteiger partial charge in [-0.15, -0.1) is 0 Å². The summed E-state index contributed by atoms with van der Waals surface area (Å²) < 4.78 is 0. The van der Waals surface area contributed by atoms with Crippen molar-refractivity contribution in [1.29, 1.82) is 5.41 Å². The second-order valence-corrected chi connectivity index (χ2v) is 2.01. The summed E-state index contributed by atoms with van der Waals surface area (Å²) in [5.74, 6) is 0. The molecule has 0 rings (SSSR count). The normalized spacial score (nSPS) is 11.7. The van der Waals surface area contributed by atoms with Gasteiger partial charge in [0, 0.05) is 6.21 Å². The van der Waals surface area contributed by atoms with Crippen LogP contribution in [-0.2, 0) is 0 Å². The van der Waals surface area contributed by atoms with Gasteiger partial charge >= 0.3 is 0 Å². The lowest BCUT2D eigenvalue weighted by atomic mass is 10.1. The lowest BCUT2D eigenvalue weighted by Crippen LogP contribution is -1.79. The van der Waals surface area contributed by atoms with Crippen molar-refractivity contribution in [3.63, 3.8) is 0 Å². The van der Waals surface area contributed by atoms with Crippen molar-refractivity contribution < 1.29 is 0 Å². The minimum absolute atomic E-state index is 1.02. The number of hydrogen-bond donors (Lipinski definition) is 1. The van der Waals surface area contributed by atoms with Crippen LogP contribution in [0.25, 0.3) is 0 Å². The van der Waals surface area contributed by atoms with E-state index in [4.69, 9.17) is 5.41 Å². The van der Waals surface area contributed by atoms with E-state index in [1.807, 2.05) is 46.8 Å². The Bertz CT molecular complexity index is 152. The third-order valence-electron chi connectivity index (χ3n) is 1.26. The third kappa shape index (κ3) is 7.04. The summed E-state index contributed by atoms with van der Waals surface area (Å²) in [7, 11) is 0. The first-order valence-corrected chi connectivity index (χ1v) is 4.03. The van der Waals surface area contributed by atoms with Crippen LogP contribution in [0.3, 0.4) is 0 Å². The zero-order valence-electron chi connectivity index (χ0n) is 8.23. The molecular weight excluding hydrogens is 134 g/mol. The zero-order chi connectivity index (χ0) is 9.28. The van der Waals surface area contributed by atoms with Crippen molar-refractivity contribution in [3.8, 4) is 0 Å². The molecule has 0 aliphatic rings. The Morgan fingerprint density at radius 3 is 1.82 bits per heavy atom. The lowest BCUT2D eigenvalue weighted by Gasteiger charge is -1.92. The van der Waals surface area contributed by atoms with Gasteiger partial charge in [-0.3, -0.25) is 0 Å². The minimum atomic E-state index is 1.02. The van der Waals surface area contributed by atoms with Crippen LogP contribution in [0.4, 0.5) is 0 Å². The number of allylic oxidation sites excluding steroid dienone is 4. The van der Waals surface area contributed by atoms with E-state index in [0.29, 0.717) is 0 Å². The van der Waals surface area contributed by atoms with Gasteiger partial charge in [-0.2, -0.15) is 0 Å². The number of nitrogens with one attached hydrogen (secondary N) is 1. The van der Waals surface area contributed by atoms with Crippen LogP contribution >= 0.6 is 0 Å². The van der Waals surface area contributed by atoms with Crippen LogP contribution in [0.1, 0.15) is 34.6 Å². The van der Waals surface area contributed by atoms with Crippen molar-refractivity contribution in [2.24, 2.45) is 0 Å². The zero-order valence-corrected chi connectivity index (χ0v) is 8.23. The molecule has 0 saturated carbocycles. The molecule has 0 heterocycles. The molecule has 0 fully saturated rings. The molecule has 0 saturated heterocycles. The fraction of sp³-hybridized carbons (Fsp3) is 0.500. The van der Waals surface area contributed by atoms with Gasteiger partial charge in [-0.05, 0) is 31.9 Å². The molecule has 0 aromatic carbocycles. The Labute approximate surface area is 70.3 Å². The molecule has 0 spiro atoms. The lowest BCUT2D eigenvalue weighted by molar-refractivity contribution is 1.39. The molecule has 0 aromatic heterocycles. The predicted octanol–water partition coefficient (Wildman–Crippen LogP) is 3.57. The van der Waals surface area contributed by atoms with E-state index in [-0.39, 0.29) is 0 Å². The molecule has 0 unspecified atom stereocenters. The summed E-state index contributed by atoms with van der Waals surface area (Å²) in [6, 6.07) is 0. The van der Waals surface area contributed by atoms with Gasteiger partial charge in [0.1, 0.15) is 0 Å². The molecule has 0 radical (unpaired) electrons. The molecule has 11 heavy (non-hydrogen) atoms. The van der Waals surface area contributed by atoms with E-state index < -0.39 is 0 Å². The molecule has 0 aliphatic heterocycles. The van der Waals surface area contributed by atoms with E-state index in [1.165, 1.54) is 6.21 Å². The SMILES string of the molecule is C/C=C\C(C)=C(\C)C=N.CC. The number of rotatable bonds is 2. The highest BCUT2D eigenvalue weighted by Gasteiger charge is 1.84. The summed E-state index contributed by atoms with van der Waals surface area (Å²) in [5.41, 5.74) is 2.18. The highest BCUT2D eigenvalue weighted by atomic mass is 14.3. The standard InChI is InChI=1S/C8H13N.C2H6/c1-4-5-7(2)8(3)6-9;1-2/h4-6,9H,1-3H3;1-2H3/b5-4-,8-7-,9-6?;. The van der Waals surface area contributed by atoms with Crippen molar-refractivity contribution in [2.45, 2.75) is 34.6 Å². The van der Waals surface area contributed by atoms with Crippen LogP contribution in [-0.4, -0.2) is 6.21 Å². The molecule has 0 amide bonds. The van der Waals surface area contributed by atoms with Crippen LogP contribution < -0.4 is 0 Å². The van der Waals surface area contributed by atoms with Crippen molar-refractivity contribution in [1.82, 2.24) is 0 Å². The van der Waals surface area contributed by atoms with Gasteiger partial charge in [0.15, 0.2) is 0 Å². The van der Waals surface area contributed by atoms with Gasteiger partial charge in [0.05, 0.1) is 0 Å². The third-order valence-corrected chi connectivity index (χ3v) is 1.26. The van der Waals surface area contributed by atoms with Crippen molar-refractivity contribution in [3.05, 3.63) is 23.3 Å². The summed E-state index contributed by atoms with van der Waals surface area (Å²) in [6.45, 7) is 9.91. The highest BCUT2D eigenvalue weighted by molar-refractivity contribution is 5.76. The second-order valence-electron chi connectivity index (χ2n) is 2.01. The molecule has 1 N–H and O–H groups in total. The maximum absolute atomic E-state index is 6.90. The van der Waals surface area contributed by atoms with Crippen molar-refractivity contribution >= 4 is 6.21 Å². The predicted molar refractivity (Wildman–Crippen MR) is 53.3 cm³/mol. The Morgan fingerprint density at radius 2 is 1.55 bits per heavy atom. The molecule has 0 bridgehead atoms. The van der Waals surface area contributed by atoms with Gasteiger partial charge in [0.25, 0.3) is 0 Å². The van der Waals surface area contributed by atoms with E-state index in [0.717, 1.165) is 11.1 Å². The minimum Gasteiger partial charge on any atom is -0.308 e. The Kier molecular flexibility index (Phi) is 10.6. The fourth-order valence-corrected chi connectivity index (χ4v) is 0.495. The van der Waals surface area contributed by atoms with E-state index in [1.54, 1.807) is 0 Å². The quantitative estimate of drug-likeness (QED) is 0.463. The Hall–Kier alpha value is -0.850. The molecule has 0 aromatic rings.